The van der Waals surface area contributed by atoms with Gasteiger partial charge in [-0.1, -0.05) is 35.5 Å². The van der Waals surface area contributed by atoms with Gasteiger partial charge in [0.1, 0.15) is 0 Å². The van der Waals surface area contributed by atoms with Crippen molar-refractivity contribution in [3.63, 3.8) is 0 Å². The van der Waals surface area contributed by atoms with E-state index in [1.165, 1.54) is 0 Å². The quantitative estimate of drug-likeness (QED) is 0.731. The van der Waals surface area contributed by atoms with E-state index in [2.05, 4.69) is 31.2 Å². The van der Waals surface area contributed by atoms with Gasteiger partial charge in [0.15, 0.2) is 11.6 Å². The van der Waals surface area contributed by atoms with Crippen molar-refractivity contribution in [1.82, 2.24) is 20.3 Å². The largest absolute Gasteiger partial charge is 0.360 e. The predicted molar refractivity (Wildman–Crippen MR) is 96.2 cm³/mol. The highest BCUT2D eigenvalue weighted by Gasteiger charge is 2.19. The van der Waals surface area contributed by atoms with Gasteiger partial charge in [0.25, 0.3) is 0 Å². The van der Waals surface area contributed by atoms with E-state index in [-0.39, 0.29) is 0 Å². The molecule has 2 aromatic heterocycles. The summed E-state index contributed by atoms with van der Waals surface area (Å²) in [5, 5.41) is 12.8. The van der Waals surface area contributed by atoms with Crippen molar-refractivity contribution in [2.45, 2.75) is 13.5 Å². The first kappa shape index (κ1) is 15.8. The zero-order valence-corrected chi connectivity index (χ0v) is 14.3. The molecule has 1 aliphatic rings. The monoisotopic (exact) mass is 335 g/mol. The average molecular weight is 335 g/mol. The molecule has 128 valence electrons. The van der Waals surface area contributed by atoms with Gasteiger partial charge in [0.05, 0.1) is 17.9 Å². The SMILES string of the molecule is Cc1cc(CN2CCN(c3ccc(-c4ccccc4)nn3)CC2)on1. The molecule has 1 aliphatic heterocycles. The smallest absolute Gasteiger partial charge is 0.151 e. The minimum atomic E-state index is 0.813. The lowest BCUT2D eigenvalue weighted by atomic mass is 10.1. The van der Waals surface area contributed by atoms with E-state index in [9.17, 15) is 0 Å². The Morgan fingerprint density at radius 3 is 2.40 bits per heavy atom. The number of hydrogen-bond donors (Lipinski definition) is 0. The third-order valence-electron chi connectivity index (χ3n) is 4.47. The van der Waals surface area contributed by atoms with Crippen LogP contribution in [-0.4, -0.2) is 46.4 Å². The van der Waals surface area contributed by atoms with Crippen LogP contribution >= 0.6 is 0 Å². The fraction of sp³-hybridized carbons (Fsp3) is 0.316. The van der Waals surface area contributed by atoms with E-state index >= 15 is 0 Å². The van der Waals surface area contributed by atoms with E-state index in [0.717, 1.165) is 61.3 Å². The Bertz CT molecular complexity index is 807. The van der Waals surface area contributed by atoms with Gasteiger partial charge in [-0.05, 0) is 19.1 Å². The Balaban J connectivity index is 1.36. The molecule has 6 nitrogen and oxygen atoms in total. The summed E-state index contributed by atoms with van der Waals surface area (Å²) >= 11 is 0. The molecular formula is C19H21N5O. The second kappa shape index (κ2) is 7.03. The fourth-order valence-electron chi connectivity index (χ4n) is 3.10. The molecule has 0 radical (unpaired) electrons. The first-order chi connectivity index (χ1) is 12.3. The Hall–Kier alpha value is -2.73. The summed E-state index contributed by atoms with van der Waals surface area (Å²) in [6.07, 6.45) is 0. The van der Waals surface area contributed by atoms with Gasteiger partial charge >= 0.3 is 0 Å². The average Bonchev–Trinajstić information content (AvgIpc) is 3.08. The third-order valence-corrected chi connectivity index (χ3v) is 4.47. The fourth-order valence-corrected chi connectivity index (χ4v) is 3.10. The maximum absolute atomic E-state index is 5.31. The number of rotatable bonds is 4. The van der Waals surface area contributed by atoms with Gasteiger partial charge in [0.2, 0.25) is 0 Å². The lowest BCUT2D eigenvalue weighted by Crippen LogP contribution is -2.46. The number of aromatic nitrogens is 3. The van der Waals surface area contributed by atoms with Gasteiger partial charge in [-0.15, -0.1) is 10.2 Å². The molecule has 0 atom stereocenters. The summed E-state index contributed by atoms with van der Waals surface area (Å²) in [5.41, 5.74) is 2.93. The lowest BCUT2D eigenvalue weighted by Gasteiger charge is -2.34. The normalized spacial score (nSPS) is 15.5. The molecule has 0 amide bonds. The summed E-state index contributed by atoms with van der Waals surface area (Å²) in [7, 11) is 0. The maximum Gasteiger partial charge on any atom is 0.151 e. The molecule has 4 rings (SSSR count). The van der Waals surface area contributed by atoms with Crippen LogP contribution in [-0.2, 0) is 6.54 Å². The molecule has 1 aromatic carbocycles. The molecule has 0 unspecified atom stereocenters. The number of anilines is 1. The standard InChI is InChI=1S/C19H21N5O/c1-15-13-17(25-22-15)14-23-9-11-24(12-10-23)19-8-7-18(20-21-19)16-5-3-2-4-6-16/h2-8,13H,9-12,14H2,1H3. The molecule has 0 bridgehead atoms. The van der Waals surface area contributed by atoms with Gasteiger partial charge < -0.3 is 9.42 Å². The van der Waals surface area contributed by atoms with Crippen molar-refractivity contribution in [2.24, 2.45) is 0 Å². The Morgan fingerprint density at radius 2 is 1.76 bits per heavy atom. The number of nitrogens with zero attached hydrogens (tertiary/aromatic N) is 5. The lowest BCUT2D eigenvalue weighted by molar-refractivity contribution is 0.219. The Labute approximate surface area is 147 Å². The third kappa shape index (κ3) is 3.69. The van der Waals surface area contributed by atoms with E-state index in [1.807, 2.05) is 49.4 Å². The molecule has 0 N–H and O–H groups in total. The molecule has 25 heavy (non-hydrogen) atoms. The highest BCUT2D eigenvalue weighted by molar-refractivity contribution is 5.59. The minimum absolute atomic E-state index is 0.813. The number of hydrogen-bond acceptors (Lipinski definition) is 6. The van der Waals surface area contributed by atoms with Crippen LogP contribution < -0.4 is 4.90 Å². The van der Waals surface area contributed by atoms with Crippen LogP contribution in [0.25, 0.3) is 11.3 Å². The molecule has 0 aliphatic carbocycles. The number of aryl methyl sites for hydroxylation is 1. The van der Waals surface area contributed by atoms with Crippen molar-refractivity contribution < 1.29 is 4.52 Å². The highest BCUT2D eigenvalue weighted by atomic mass is 16.5. The predicted octanol–water partition coefficient (Wildman–Crippen LogP) is 2.76. The first-order valence-electron chi connectivity index (χ1n) is 8.56. The first-order valence-corrected chi connectivity index (χ1v) is 8.56. The van der Waals surface area contributed by atoms with Crippen LogP contribution in [0.5, 0.6) is 0 Å². The van der Waals surface area contributed by atoms with Crippen LogP contribution in [0.3, 0.4) is 0 Å². The van der Waals surface area contributed by atoms with Crippen LogP contribution in [0.1, 0.15) is 11.5 Å². The van der Waals surface area contributed by atoms with E-state index in [4.69, 9.17) is 4.52 Å². The molecule has 0 spiro atoms. The van der Waals surface area contributed by atoms with Gasteiger partial charge in [-0.25, -0.2) is 0 Å². The molecule has 3 heterocycles. The van der Waals surface area contributed by atoms with Gasteiger partial charge in [0, 0.05) is 37.8 Å². The van der Waals surface area contributed by atoms with Crippen molar-refractivity contribution in [3.8, 4) is 11.3 Å². The Kier molecular flexibility index (Phi) is 4.43. The Morgan fingerprint density at radius 1 is 0.960 bits per heavy atom. The highest BCUT2D eigenvalue weighted by Crippen LogP contribution is 2.19. The topological polar surface area (TPSA) is 58.3 Å². The van der Waals surface area contributed by atoms with Crippen LogP contribution in [0.15, 0.2) is 53.1 Å². The summed E-state index contributed by atoms with van der Waals surface area (Å²) in [6.45, 7) is 6.58. The van der Waals surface area contributed by atoms with Crippen LogP contribution in [0.4, 0.5) is 5.82 Å². The van der Waals surface area contributed by atoms with Crippen molar-refractivity contribution >= 4 is 5.82 Å². The molecule has 6 heteroatoms. The molecule has 3 aromatic rings. The van der Waals surface area contributed by atoms with Crippen molar-refractivity contribution in [3.05, 3.63) is 60.0 Å². The van der Waals surface area contributed by atoms with Crippen LogP contribution in [0.2, 0.25) is 0 Å². The number of piperazine rings is 1. The van der Waals surface area contributed by atoms with Gasteiger partial charge in [-0.3, -0.25) is 4.90 Å². The summed E-state index contributed by atoms with van der Waals surface area (Å²) in [5.74, 6) is 1.87. The van der Waals surface area contributed by atoms with E-state index in [1.54, 1.807) is 0 Å². The summed E-state index contributed by atoms with van der Waals surface area (Å²) in [4.78, 5) is 4.66. The molecule has 0 saturated carbocycles. The van der Waals surface area contributed by atoms with Crippen molar-refractivity contribution in [1.29, 1.82) is 0 Å². The molecule has 1 saturated heterocycles. The van der Waals surface area contributed by atoms with Crippen LogP contribution in [0, 0.1) is 6.92 Å². The number of benzene rings is 1. The zero-order valence-electron chi connectivity index (χ0n) is 14.3. The van der Waals surface area contributed by atoms with Gasteiger partial charge in [-0.2, -0.15) is 0 Å². The van der Waals surface area contributed by atoms with Crippen molar-refractivity contribution in [2.75, 3.05) is 31.1 Å². The molecular weight excluding hydrogens is 314 g/mol. The molecule has 1 fully saturated rings. The summed E-state index contributed by atoms with van der Waals surface area (Å²) < 4.78 is 5.31. The second-order valence-electron chi connectivity index (χ2n) is 6.34. The summed E-state index contributed by atoms with van der Waals surface area (Å²) in [6, 6.07) is 16.2. The zero-order chi connectivity index (χ0) is 17.1. The minimum Gasteiger partial charge on any atom is -0.360 e. The second-order valence-corrected chi connectivity index (χ2v) is 6.34. The van der Waals surface area contributed by atoms with E-state index < -0.39 is 0 Å². The maximum atomic E-state index is 5.31. The van der Waals surface area contributed by atoms with E-state index in [0.29, 0.717) is 0 Å².